The summed E-state index contributed by atoms with van der Waals surface area (Å²) in [4.78, 5) is 21.8. The van der Waals surface area contributed by atoms with Crippen LogP contribution < -0.4 is 15.5 Å². The van der Waals surface area contributed by atoms with E-state index in [-0.39, 0.29) is 17.1 Å². The average Bonchev–Trinajstić information content (AvgIpc) is 2.62. The number of hydrogen-bond acceptors (Lipinski definition) is 7. The van der Waals surface area contributed by atoms with E-state index in [0.29, 0.717) is 11.4 Å². The lowest BCUT2D eigenvalue weighted by atomic mass is 10.2. The molecule has 0 bridgehead atoms. The van der Waals surface area contributed by atoms with Crippen molar-refractivity contribution in [1.82, 2.24) is 5.43 Å². The molecule has 0 unspecified atom stereocenters. The number of benzene rings is 2. The van der Waals surface area contributed by atoms with Crippen molar-refractivity contribution in [2.75, 3.05) is 19.0 Å². The molecule has 3 N–H and O–H groups in total. The van der Waals surface area contributed by atoms with Gasteiger partial charge in [-0.1, -0.05) is 11.6 Å². The Bertz CT molecular complexity index is 839. The summed E-state index contributed by atoms with van der Waals surface area (Å²) in [6.07, 6.45) is 1.07. The van der Waals surface area contributed by atoms with Crippen molar-refractivity contribution in [3.63, 3.8) is 0 Å². The lowest BCUT2D eigenvalue weighted by molar-refractivity contribution is -0.385. The molecule has 0 aromatic heterocycles. The van der Waals surface area contributed by atoms with Crippen molar-refractivity contribution in [3.05, 3.63) is 57.1 Å². The van der Waals surface area contributed by atoms with Gasteiger partial charge in [0, 0.05) is 22.3 Å². The molecule has 9 nitrogen and oxygen atoms in total. The predicted molar refractivity (Wildman–Crippen MR) is 97.0 cm³/mol. The number of nitrogens with zero attached hydrogens (tertiary/aromatic N) is 2. The van der Waals surface area contributed by atoms with Crippen LogP contribution in [0.25, 0.3) is 0 Å². The maximum Gasteiger partial charge on any atom is 0.312 e. The highest BCUT2D eigenvalue weighted by molar-refractivity contribution is 6.31. The Morgan fingerprint density at radius 3 is 2.69 bits per heavy atom. The number of nitro groups is 1. The molecule has 0 fully saturated rings. The average molecular weight is 379 g/mol. The molecule has 0 heterocycles. The van der Waals surface area contributed by atoms with Gasteiger partial charge in [-0.15, -0.1) is 0 Å². The van der Waals surface area contributed by atoms with Crippen LogP contribution in [0.1, 0.15) is 5.56 Å². The molecule has 0 aliphatic carbocycles. The quantitative estimate of drug-likeness (QED) is 0.386. The molecule has 0 saturated heterocycles. The Morgan fingerprint density at radius 1 is 1.38 bits per heavy atom. The van der Waals surface area contributed by atoms with E-state index in [2.05, 4.69) is 15.8 Å². The van der Waals surface area contributed by atoms with E-state index >= 15 is 0 Å². The third kappa shape index (κ3) is 5.08. The predicted octanol–water partition coefficient (Wildman–Crippen LogP) is 2.52. The summed E-state index contributed by atoms with van der Waals surface area (Å²) < 4.78 is 5.03. The minimum atomic E-state index is -0.768. The number of halogens is 1. The zero-order valence-electron chi connectivity index (χ0n) is 13.6. The summed E-state index contributed by atoms with van der Waals surface area (Å²) in [5.74, 6) is -0.345. The Morgan fingerprint density at radius 2 is 2.08 bits per heavy atom. The number of carbonyl (C=O) groups is 1. The van der Waals surface area contributed by atoms with Gasteiger partial charge in [0.2, 0.25) is 5.75 Å². The zero-order chi connectivity index (χ0) is 19.1. The Kier molecular flexibility index (Phi) is 6.34. The number of hydrogen-bond donors (Lipinski definition) is 3. The summed E-state index contributed by atoms with van der Waals surface area (Å²) in [5.41, 5.74) is 2.41. The van der Waals surface area contributed by atoms with Crippen LogP contribution in [0.15, 0.2) is 41.5 Å². The smallest absolute Gasteiger partial charge is 0.312 e. The first kappa shape index (κ1) is 19.0. The molecule has 2 aromatic rings. The van der Waals surface area contributed by atoms with Crippen LogP contribution in [0, 0.1) is 10.1 Å². The van der Waals surface area contributed by atoms with E-state index in [9.17, 15) is 20.0 Å². The largest absolute Gasteiger partial charge is 0.502 e. The zero-order valence-corrected chi connectivity index (χ0v) is 14.4. The van der Waals surface area contributed by atoms with Crippen molar-refractivity contribution >= 4 is 35.1 Å². The fourth-order valence-corrected chi connectivity index (χ4v) is 2.17. The number of amides is 1. The van der Waals surface area contributed by atoms with Crippen LogP contribution in [-0.4, -0.2) is 35.8 Å². The fourth-order valence-electron chi connectivity index (χ4n) is 1.95. The fraction of sp³-hybridized carbons (Fsp3) is 0.125. The molecule has 1 amide bonds. The number of nitro benzene ring substituents is 1. The van der Waals surface area contributed by atoms with Gasteiger partial charge in [0.1, 0.15) is 5.75 Å². The Labute approximate surface area is 153 Å². The monoisotopic (exact) mass is 378 g/mol. The Balaban J connectivity index is 1.93. The number of hydrazone groups is 1. The number of methoxy groups -OCH3 is 1. The number of nitrogens with one attached hydrogen (secondary N) is 2. The summed E-state index contributed by atoms with van der Waals surface area (Å²) in [7, 11) is 1.56. The number of rotatable bonds is 7. The minimum Gasteiger partial charge on any atom is -0.502 e. The molecular weight excluding hydrogens is 364 g/mol. The lowest BCUT2D eigenvalue weighted by Crippen LogP contribution is -2.25. The lowest BCUT2D eigenvalue weighted by Gasteiger charge is -2.06. The van der Waals surface area contributed by atoms with Crippen LogP contribution in [0.4, 0.5) is 11.4 Å². The highest BCUT2D eigenvalue weighted by Gasteiger charge is 2.17. The molecular formula is C16H15ClN4O5. The highest BCUT2D eigenvalue weighted by atomic mass is 35.5. The number of anilines is 1. The van der Waals surface area contributed by atoms with Crippen molar-refractivity contribution in [2.24, 2.45) is 5.10 Å². The van der Waals surface area contributed by atoms with Crippen LogP contribution >= 0.6 is 11.6 Å². The molecule has 136 valence electrons. The Hall–Kier alpha value is -3.33. The van der Waals surface area contributed by atoms with Gasteiger partial charge < -0.3 is 15.2 Å². The number of phenolic OH excluding ortho intramolecular Hbond substituents is 1. The number of carbonyl (C=O) groups excluding carboxylic acids is 1. The standard InChI is InChI=1S/C16H15ClN4O5/c1-26-13-4-2-12(3-5-13)18-9-15(22)20-19-8-10-6-11(17)7-14(16(10)23)21(24)25/h2-8,18,23H,9H2,1H3,(H,20,22)/b19-8-. The van der Waals surface area contributed by atoms with Gasteiger partial charge in [-0.3, -0.25) is 14.9 Å². The molecule has 2 rings (SSSR count). The number of phenols is 1. The molecule has 0 aliphatic heterocycles. The summed E-state index contributed by atoms with van der Waals surface area (Å²) >= 11 is 5.76. The molecule has 0 radical (unpaired) electrons. The molecule has 26 heavy (non-hydrogen) atoms. The van der Waals surface area contributed by atoms with Crippen molar-refractivity contribution in [3.8, 4) is 11.5 Å². The van der Waals surface area contributed by atoms with E-state index in [4.69, 9.17) is 16.3 Å². The van der Waals surface area contributed by atoms with E-state index in [1.807, 2.05) is 0 Å². The van der Waals surface area contributed by atoms with Gasteiger partial charge in [0.05, 0.1) is 24.8 Å². The SMILES string of the molecule is COc1ccc(NCC(=O)N/N=C\c2cc(Cl)cc([N+](=O)[O-])c2O)cc1. The summed E-state index contributed by atoms with van der Waals surface area (Å²) in [5, 5.41) is 27.2. The first-order chi connectivity index (χ1) is 12.4. The van der Waals surface area contributed by atoms with E-state index < -0.39 is 22.3 Å². The molecule has 0 saturated carbocycles. The summed E-state index contributed by atoms with van der Waals surface area (Å²) in [6, 6.07) is 9.29. The van der Waals surface area contributed by atoms with Crippen molar-refractivity contribution < 1.29 is 19.6 Å². The van der Waals surface area contributed by atoms with E-state index in [1.54, 1.807) is 31.4 Å². The minimum absolute atomic E-state index is 0.00705. The van der Waals surface area contributed by atoms with Crippen molar-refractivity contribution in [2.45, 2.75) is 0 Å². The van der Waals surface area contributed by atoms with Crippen LogP contribution in [0.3, 0.4) is 0 Å². The molecule has 2 aromatic carbocycles. The van der Waals surface area contributed by atoms with Gasteiger partial charge in [-0.2, -0.15) is 5.10 Å². The van der Waals surface area contributed by atoms with E-state index in [0.717, 1.165) is 12.3 Å². The maximum absolute atomic E-state index is 11.7. The third-order valence-corrected chi connectivity index (χ3v) is 3.43. The second-order valence-electron chi connectivity index (χ2n) is 5.00. The molecule has 0 spiro atoms. The normalized spacial score (nSPS) is 10.5. The number of ether oxygens (including phenoxy) is 1. The highest BCUT2D eigenvalue weighted by Crippen LogP contribution is 2.32. The second-order valence-corrected chi connectivity index (χ2v) is 5.43. The molecule has 10 heteroatoms. The van der Waals surface area contributed by atoms with Gasteiger partial charge >= 0.3 is 5.69 Å². The van der Waals surface area contributed by atoms with Crippen LogP contribution in [0.5, 0.6) is 11.5 Å². The number of aromatic hydroxyl groups is 1. The third-order valence-electron chi connectivity index (χ3n) is 3.22. The first-order valence-corrected chi connectivity index (χ1v) is 7.65. The van der Waals surface area contributed by atoms with E-state index in [1.165, 1.54) is 6.07 Å². The van der Waals surface area contributed by atoms with Gasteiger partial charge in [0.15, 0.2) is 0 Å². The summed E-state index contributed by atoms with van der Waals surface area (Å²) in [6.45, 7) is -0.0503. The van der Waals surface area contributed by atoms with Crippen molar-refractivity contribution in [1.29, 1.82) is 0 Å². The van der Waals surface area contributed by atoms with Crippen LogP contribution in [0.2, 0.25) is 5.02 Å². The van der Waals surface area contributed by atoms with Gasteiger partial charge in [0.25, 0.3) is 5.91 Å². The maximum atomic E-state index is 11.7. The first-order valence-electron chi connectivity index (χ1n) is 7.27. The van der Waals surface area contributed by atoms with Crippen LogP contribution in [-0.2, 0) is 4.79 Å². The molecule has 0 aliphatic rings. The van der Waals surface area contributed by atoms with Gasteiger partial charge in [-0.25, -0.2) is 5.43 Å². The van der Waals surface area contributed by atoms with Gasteiger partial charge in [-0.05, 0) is 30.3 Å². The second kappa shape index (κ2) is 8.67. The topological polar surface area (TPSA) is 126 Å². The molecule has 0 atom stereocenters.